The smallest absolute Gasteiger partial charge is 0.147 e. The number of ether oxygens (including phenoxy) is 1. The zero-order valence-corrected chi connectivity index (χ0v) is 11.0. The molecule has 0 unspecified atom stereocenters. The molecule has 0 N–H and O–H groups in total. The van der Waals surface area contributed by atoms with Crippen LogP contribution in [0.2, 0.25) is 0 Å². The van der Waals surface area contributed by atoms with Crippen molar-refractivity contribution >= 4 is 5.69 Å². The predicted molar refractivity (Wildman–Crippen MR) is 74.1 cm³/mol. The van der Waals surface area contributed by atoms with Crippen molar-refractivity contribution in [3.63, 3.8) is 0 Å². The minimum absolute atomic E-state index is 0.341. The Kier molecular flexibility index (Phi) is 3.99. The first kappa shape index (κ1) is 12.9. The first-order valence-electron chi connectivity index (χ1n) is 5.95. The SMILES string of the molecule is CN(C)c1cccc(OCc2cccnc2C#N)c1. The quantitative estimate of drug-likeness (QED) is 0.840. The van der Waals surface area contributed by atoms with Crippen LogP contribution >= 0.6 is 0 Å². The number of rotatable bonds is 4. The molecule has 0 bridgehead atoms. The molecule has 0 spiro atoms. The molecule has 1 aromatic carbocycles. The summed E-state index contributed by atoms with van der Waals surface area (Å²) in [6, 6.07) is 13.5. The second-order valence-corrected chi connectivity index (χ2v) is 4.30. The van der Waals surface area contributed by atoms with Gasteiger partial charge in [-0.2, -0.15) is 5.26 Å². The maximum Gasteiger partial charge on any atom is 0.147 e. The molecule has 19 heavy (non-hydrogen) atoms. The van der Waals surface area contributed by atoms with Crippen LogP contribution in [0, 0.1) is 11.3 Å². The largest absolute Gasteiger partial charge is 0.489 e. The van der Waals surface area contributed by atoms with Crippen molar-refractivity contribution in [1.29, 1.82) is 5.26 Å². The summed E-state index contributed by atoms with van der Waals surface area (Å²) in [7, 11) is 3.96. The van der Waals surface area contributed by atoms with Gasteiger partial charge in [0, 0.05) is 37.6 Å². The van der Waals surface area contributed by atoms with Crippen molar-refractivity contribution in [1.82, 2.24) is 4.98 Å². The van der Waals surface area contributed by atoms with Crippen molar-refractivity contribution in [2.45, 2.75) is 6.61 Å². The van der Waals surface area contributed by atoms with Crippen LogP contribution in [0.25, 0.3) is 0 Å². The molecule has 0 atom stereocenters. The summed E-state index contributed by atoms with van der Waals surface area (Å²) in [6.07, 6.45) is 1.61. The average Bonchev–Trinajstić information content (AvgIpc) is 2.45. The summed E-state index contributed by atoms with van der Waals surface area (Å²) >= 11 is 0. The summed E-state index contributed by atoms with van der Waals surface area (Å²) in [4.78, 5) is 6.02. The van der Waals surface area contributed by atoms with Crippen LogP contribution in [0.3, 0.4) is 0 Å². The molecular formula is C15H15N3O. The fourth-order valence-electron chi connectivity index (χ4n) is 1.67. The highest BCUT2D eigenvalue weighted by Crippen LogP contribution is 2.20. The number of hydrogen-bond donors (Lipinski definition) is 0. The molecule has 0 aliphatic heterocycles. The van der Waals surface area contributed by atoms with Gasteiger partial charge in [0.1, 0.15) is 24.1 Å². The van der Waals surface area contributed by atoms with Gasteiger partial charge in [0.25, 0.3) is 0 Å². The lowest BCUT2D eigenvalue weighted by molar-refractivity contribution is 0.305. The summed E-state index contributed by atoms with van der Waals surface area (Å²) in [5.41, 5.74) is 2.27. The highest BCUT2D eigenvalue weighted by Gasteiger charge is 2.04. The Morgan fingerprint density at radius 2 is 2.11 bits per heavy atom. The zero-order chi connectivity index (χ0) is 13.7. The third-order valence-electron chi connectivity index (χ3n) is 2.73. The van der Waals surface area contributed by atoms with E-state index in [1.165, 1.54) is 0 Å². The molecule has 0 aliphatic rings. The zero-order valence-electron chi connectivity index (χ0n) is 11.0. The van der Waals surface area contributed by atoms with E-state index >= 15 is 0 Å². The Labute approximate surface area is 112 Å². The second kappa shape index (κ2) is 5.87. The van der Waals surface area contributed by atoms with Crippen molar-refractivity contribution in [2.75, 3.05) is 19.0 Å². The average molecular weight is 253 g/mol. The Morgan fingerprint density at radius 3 is 2.84 bits per heavy atom. The third kappa shape index (κ3) is 3.23. The fraction of sp³-hybridized carbons (Fsp3) is 0.200. The molecule has 4 nitrogen and oxygen atoms in total. The maximum atomic E-state index is 8.96. The Morgan fingerprint density at radius 1 is 1.26 bits per heavy atom. The van der Waals surface area contributed by atoms with Gasteiger partial charge in [0.2, 0.25) is 0 Å². The fourth-order valence-corrected chi connectivity index (χ4v) is 1.67. The third-order valence-corrected chi connectivity index (χ3v) is 2.73. The van der Waals surface area contributed by atoms with Crippen LogP contribution in [-0.4, -0.2) is 19.1 Å². The number of nitriles is 1. The molecule has 0 saturated heterocycles. The van der Waals surface area contributed by atoms with Crippen LogP contribution in [0.5, 0.6) is 5.75 Å². The van der Waals surface area contributed by atoms with Gasteiger partial charge in [-0.25, -0.2) is 4.98 Å². The molecule has 0 fully saturated rings. The second-order valence-electron chi connectivity index (χ2n) is 4.30. The summed E-state index contributed by atoms with van der Waals surface area (Å²) < 4.78 is 5.71. The van der Waals surface area contributed by atoms with Crippen molar-refractivity contribution in [3.8, 4) is 11.8 Å². The molecule has 4 heteroatoms. The highest BCUT2D eigenvalue weighted by atomic mass is 16.5. The van der Waals surface area contributed by atoms with Crippen molar-refractivity contribution in [2.24, 2.45) is 0 Å². The van der Waals surface area contributed by atoms with E-state index in [2.05, 4.69) is 11.1 Å². The highest BCUT2D eigenvalue weighted by molar-refractivity contribution is 5.49. The Hall–Kier alpha value is -2.54. The van der Waals surface area contributed by atoms with Gasteiger partial charge < -0.3 is 9.64 Å². The number of anilines is 1. The molecule has 96 valence electrons. The number of hydrogen-bond acceptors (Lipinski definition) is 4. The molecule has 0 aliphatic carbocycles. The summed E-state index contributed by atoms with van der Waals surface area (Å²) in [5, 5.41) is 8.96. The van der Waals surface area contributed by atoms with E-state index in [0.717, 1.165) is 17.0 Å². The maximum absolute atomic E-state index is 8.96. The lowest BCUT2D eigenvalue weighted by Crippen LogP contribution is -2.08. The Bertz CT molecular complexity index is 602. The van der Waals surface area contributed by atoms with E-state index in [4.69, 9.17) is 10.00 Å². The van der Waals surface area contributed by atoms with Crippen molar-refractivity contribution < 1.29 is 4.74 Å². The van der Waals surface area contributed by atoms with E-state index in [1.807, 2.05) is 49.3 Å². The van der Waals surface area contributed by atoms with E-state index in [1.54, 1.807) is 12.3 Å². The topological polar surface area (TPSA) is 49.1 Å². The first-order chi connectivity index (χ1) is 9.20. The standard InChI is InChI=1S/C15H15N3O/c1-18(2)13-6-3-7-14(9-13)19-11-12-5-4-8-17-15(12)10-16/h3-9H,11H2,1-2H3. The molecule has 2 rings (SSSR count). The lowest BCUT2D eigenvalue weighted by atomic mass is 10.2. The molecule has 0 amide bonds. The van der Waals surface area contributed by atoms with Gasteiger partial charge in [-0.3, -0.25) is 0 Å². The van der Waals surface area contributed by atoms with E-state index < -0.39 is 0 Å². The van der Waals surface area contributed by atoms with Crippen LogP contribution in [0.1, 0.15) is 11.3 Å². The van der Waals surface area contributed by atoms with E-state index in [0.29, 0.717) is 12.3 Å². The first-order valence-corrected chi connectivity index (χ1v) is 5.95. The summed E-state index contributed by atoms with van der Waals surface area (Å²) in [5.74, 6) is 0.777. The molecule has 0 radical (unpaired) electrons. The van der Waals surface area contributed by atoms with Gasteiger partial charge in [-0.05, 0) is 18.2 Å². The van der Waals surface area contributed by atoms with Gasteiger partial charge >= 0.3 is 0 Å². The monoisotopic (exact) mass is 253 g/mol. The van der Waals surface area contributed by atoms with Crippen LogP contribution < -0.4 is 9.64 Å². The number of pyridine rings is 1. The molecule has 2 aromatic rings. The van der Waals surface area contributed by atoms with Crippen LogP contribution in [0.15, 0.2) is 42.6 Å². The van der Waals surface area contributed by atoms with Gasteiger partial charge in [0.05, 0.1) is 0 Å². The van der Waals surface area contributed by atoms with Gasteiger partial charge in [-0.1, -0.05) is 12.1 Å². The minimum atomic E-state index is 0.341. The summed E-state index contributed by atoms with van der Waals surface area (Å²) in [6.45, 7) is 0.341. The number of benzene rings is 1. The molecule has 0 saturated carbocycles. The molecule has 1 aromatic heterocycles. The molecule has 1 heterocycles. The lowest BCUT2D eigenvalue weighted by Gasteiger charge is -2.14. The minimum Gasteiger partial charge on any atom is -0.489 e. The normalized spacial score (nSPS) is 9.74. The van der Waals surface area contributed by atoms with E-state index in [-0.39, 0.29) is 0 Å². The molecular weight excluding hydrogens is 238 g/mol. The predicted octanol–water partition coefficient (Wildman–Crippen LogP) is 2.60. The number of nitrogens with zero attached hydrogens (tertiary/aromatic N) is 3. The Balaban J connectivity index is 2.11. The van der Waals surface area contributed by atoms with Gasteiger partial charge in [0.15, 0.2) is 0 Å². The van der Waals surface area contributed by atoms with Crippen LogP contribution in [-0.2, 0) is 6.61 Å². The van der Waals surface area contributed by atoms with E-state index in [9.17, 15) is 0 Å². The number of aromatic nitrogens is 1. The van der Waals surface area contributed by atoms with Gasteiger partial charge in [-0.15, -0.1) is 0 Å². The van der Waals surface area contributed by atoms with Crippen molar-refractivity contribution in [3.05, 3.63) is 53.9 Å². The van der Waals surface area contributed by atoms with Crippen LogP contribution in [0.4, 0.5) is 5.69 Å².